The fourth-order valence-corrected chi connectivity index (χ4v) is 1.22. The highest BCUT2D eigenvalue weighted by Crippen LogP contribution is 2.15. The second kappa shape index (κ2) is 4.17. The lowest BCUT2D eigenvalue weighted by Gasteiger charge is -2.35. The largest absolute Gasteiger partial charge is 0.306 e. The van der Waals surface area contributed by atoms with E-state index >= 15 is 0 Å². The number of nitrogens with one attached hydrogen (secondary N) is 1. The van der Waals surface area contributed by atoms with Gasteiger partial charge in [-0.15, -0.1) is 18.5 Å². The lowest BCUT2D eigenvalue weighted by Crippen LogP contribution is -2.53. The maximum atomic E-state index is 3.59. The van der Waals surface area contributed by atoms with E-state index in [2.05, 4.69) is 51.5 Å². The Morgan fingerprint density at radius 1 is 0.909 bits per heavy atom. The molecule has 0 saturated heterocycles. The Hall–Kier alpha value is 0.820. The fourth-order valence-electron chi connectivity index (χ4n) is 1.02. The summed E-state index contributed by atoms with van der Waals surface area (Å²) < 4.78 is 0. The van der Waals surface area contributed by atoms with Gasteiger partial charge in [-0.1, -0.05) is 0 Å². The van der Waals surface area contributed by atoms with Gasteiger partial charge in [0.05, 0.1) is 0 Å². The maximum absolute atomic E-state index is 3.59. The van der Waals surface area contributed by atoms with Crippen molar-refractivity contribution in [2.45, 2.75) is 38.8 Å². The molecule has 0 aliphatic rings. The Morgan fingerprint density at radius 2 is 1.18 bits per heavy atom. The minimum absolute atomic E-state index is 0.227. The molecule has 1 N–H and O–H groups in total. The van der Waals surface area contributed by atoms with Gasteiger partial charge in [-0.2, -0.15) is 0 Å². The van der Waals surface area contributed by atoms with Crippen LogP contribution in [0.15, 0.2) is 0 Å². The lowest BCUT2D eigenvalue weighted by atomic mass is 10.0. The van der Waals surface area contributed by atoms with Gasteiger partial charge in [0.15, 0.2) is 0 Å². The molecule has 0 aromatic rings. The van der Waals surface area contributed by atoms with Crippen LogP contribution in [0, 0.1) is 0 Å². The van der Waals surface area contributed by atoms with E-state index in [1.54, 1.807) is 0 Å². The van der Waals surface area contributed by atoms with Crippen molar-refractivity contribution in [3.63, 3.8) is 0 Å². The highest BCUT2D eigenvalue weighted by Gasteiger charge is 2.24. The summed E-state index contributed by atoms with van der Waals surface area (Å²) in [7, 11) is 5.56. The number of rotatable bonds is 4. The van der Waals surface area contributed by atoms with Gasteiger partial charge < -0.3 is 5.32 Å². The van der Waals surface area contributed by atoms with Gasteiger partial charge in [-0.05, 0) is 40.0 Å². The second-order valence-electron chi connectivity index (χ2n) is 4.30. The first-order valence-electron chi connectivity index (χ1n) is 4.02. The molecule has 0 amide bonds. The normalized spacial score (nSPS) is 13.6. The molecule has 0 aliphatic heterocycles. The molecule has 0 heterocycles. The molecule has 0 spiro atoms. The van der Waals surface area contributed by atoms with Crippen molar-refractivity contribution in [1.29, 1.82) is 0 Å². The SMILES string of the molecule is CC(C)(CP)NC(C)(C)CP. The van der Waals surface area contributed by atoms with Crippen LogP contribution in [0.1, 0.15) is 27.7 Å². The summed E-state index contributed by atoms with van der Waals surface area (Å²) in [5.41, 5.74) is 0.454. The zero-order chi connectivity index (χ0) is 9.12. The quantitative estimate of drug-likeness (QED) is 0.672. The summed E-state index contributed by atoms with van der Waals surface area (Å²) in [4.78, 5) is 0. The van der Waals surface area contributed by atoms with E-state index in [1.807, 2.05) is 0 Å². The van der Waals surface area contributed by atoms with Crippen LogP contribution in [-0.4, -0.2) is 23.4 Å². The zero-order valence-electron chi connectivity index (χ0n) is 8.07. The third-order valence-corrected chi connectivity index (χ3v) is 3.74. The van der Waals surface area contributed by atoms with Crippen molar-refractivity contribution in [3.05, 3.63) is 0 Å². The molecule has 68 valence electrons. The molecule has 0 aromatic carbocycles. The van der Waals surface area contributed by atoms with E-state index in [9.17, 15) is 0 Å². The summed E-state index contributed by atoms with van der Waals surface area (Å²) in [5.74, 6) is 0. The molecular weight excluding hydrogens is 172 g/mol. The van der Waals surface area contributed by atoms with Crippen LogP contribution in [0.3, 0.4) is 0 Å². The zero-order valence-corrected chi connectivity index (χ0v) is 10.4. The van der Waals surface area contributed by atoms with Crippen LogP contribution in [0.4, 0.5) is 0 Å². The first-order chi connectivity index (χ1) is 4.83. The van der Waals surface area contributed by atoms with Crippen molar-refractivity contribution >= 4 is 18.5 Å². The van der Waals surface area contributed by atoms with Gasteiger partial charge in [-0.25, -0.2) is 0 Å². The molecule has 3 heteroatoms. The number of hydrogen-bond donors (Lipinski definition) is 1. The summed E-state index contributed by atoms with van der Waals surface area (Å²) >= 11 is 0. The van der Waals surface area contributed by atoms with Crippen LogP contribution in [0.2, 0.25) is 0 Å². The lowest BCUT2D eigenvalue weighted by molar-refractivity contribution is 0.311. The predicted octanol–water partition coefficient (Wildman–Crippen LogP) is 1.88. The monoisotopic (exact) mass is 193 g/mol. The smallest absolute Gasteiger partial charge is 0.0164 e. The van der Waals surface area contributed by atoms with Gasteiger partial charge in [0.1, 0.15) is 0 Å². The molecular formula is C8H21NP2. The highest BCUT2D eigenvalue weighted by atomic mass is 31.0. The predicted molar refractivity (Wildman–Crippen MR) is 60.4 cm³/mol. The van der Waals surface area contributed by atoms with E-state index in [4.69, 9.17) is 0 Å². The summed E-state index contributed by atoms with van der Waals surface area (Å²) in [5, 5.41) is 3.59. The summed E-state index contributed by atoms with van der Waals surface area (Å²) in [6.07, 6.45) is 2.17. The topological polar surface area (TPSA) is 12.0 Å². The van der Waals surface area contributed by atoms with Crippen LogP contribution in [-0.2, 0) is 0 Å². The summed E-state index contributed by atoms with van der Waals surface area (Å²) in [6.45, 7) is 8.90. The van der Waals surface area contributed by atoms with Gasteiger partial charge >= 0.3 is 0 Å². The van der Waals surface area contributed by atoms with Crippen molar-refractivity contribution in [2.75, 3.05) is 12.3 Å². The molecule has 1 nitrogen and oxygen atoms in total. The van der Waals surface area contributed by atoms with E-state index in [1.165, 1.54) is 0 Å². The van der Waals surface area contributed by atoms with Crippen LogP contribution in [0.25, 0.3) is 0 Å². The Kier molecular flexibility index (Phi) is 4.48. The van der Waals surface area contributed by atoms with E-state index in [0.29, 0.717) is 0 Å². The molecule has 11 heavy (non-hydrogen) atoms. The Bertz CT molecular complexity index is 107. The first kappa shape index (κ1) is 11.8. The molecule has 0 rings (SSSR count). The van der Waals surface area contributed by atoms with E-state index < -0.39 is 0 Å². The minimum Gasteiger partial charge on any atom is -0.306 e. The third kappa shape index (κ3) is 5.12. The minimum atomic E-state index is 0.227. The second-order valence-corrected chi connectivity index (χ2v) is 5.12. The van der Waals surface area contributed by atoms with Gasteiger partial charge in [0.2, 0.25) is 0 Å². The van der Waals surface area contributed by atoms with E-state index in [0.717, 1.165) is 12.3 Å². The Labute approximate surface area is 75.5 Å². The maximum Gasteiger partial charge on any atom is 0.0164 e. The Balaban J connectivity index is 4.02. The van der Waals surface area contributed by atoms with Gasteiger partial charge in [-0.3, -0.25) is 0 Å². The first-order valence-corrected chi connectivity index (χ1v) is 5.66. The standard InChI is InChI=1S/C8H21NP2/c1-7(2,5-10)9-8(3,4)6-11/h9H,5-6,10-11H2,1-4H3. The molecule has 2 atom stereocenters. The van der Waals surface area contributed by atoms with Crippen molar-refractivity contribution in [1.82, 2.24) is 5.32 Å². The Morgan fingerprint density at radius 3 is 1.36 bits per heavy atom. The molecule has 0 saturated carbocycles. The molecule has 0 aliphatic carbocycles. The molecule has 0 bridgehead atoms. The van der Waals surface area contributed by atoms with Crippen LogP contribution >= 0.6 is 18.5 Å². The van der Waals surface area contributed by atoms with Crippen molar-refractivity contribution in [3.8, 4) is 0 Å². The average molecular weight is 193 g/mol. The third-order valence-electron chi connectivity index (χ3n) is 1.70. The average Bonchev–Trinajstić information content (AvgIpc) is 1.86. The molecule has 0 radical (unpaired) electrons. The molecule has 0 fully saturated rings. The molecule has 0 aromatic heterocycles. The van der Waals surface area contributed by atoms with Crippen LogP contribution in [0.5, 0.6) is 0 Å². The van der Waals surface area contributed by atoms with E-state index in [-0.39, 0.29) is 11.1 Å². The van der Waals surface area contributed by atoms with Gasteiger partial charge in [0, 0.05) is 11.1 Å². The highest BCUT2D eigenvalue weighted by molar-refractivity contribution is 7.16. The van der Waals surface area contributed by atoms with Crippen LogP contribution < -0.4 is 5.32 Å². The number of hydrogen-bond acceptors (Lipinski definition) is 1. The van der Waals surface area contributed by atoms with Crippen molar-refractivity contribution < 1.29 is 0 Å². The van der Waals surface area contributed by atoms with Crippen molar-refractivity contribution in [2.24, 2.45) is 0 Å². The molecule has 2 unspecified atom stereocenters. The van der Waals surface area contributed by atoms with Gasteiger partial charge in [0.25, 0.3) is 0 Å². The summed E-state index contributed by atoms with van der Waals surface area (Å²) in [6, 6.07) is 0. The fraction of sp³-hybridized carbons (Fsp3) is 1.00.